The molecule has 2 aromatic rings. The van der Waals surface area contributed by atoms with Gasteiger partial charge in [-0.3, -0.25) is 0 Å². The summed E-state index contributed by atoms with van der Waals surface area (Å²) >= 11 is 3.45. The summed E-state index contributed by atoms with van der Waals surface area (Å²) in [5.74, 6) is 0.975. The van der Waals surface area contributed by atoms with Gasteiger partial charge in [-0.1, -0.05) is 15.9 Å². The van der Waals surface area contributed by atoms with E-state index >= 15 is 0 Å². The third kappa shape index (κ3) is 2.83. The van der Waals surface area contributed by atoms with Gasteiger partial charge in [0.25, 0.3) is 0 Å². The summed E-state index contributed by atoms with van der Waals surface area (Å²) in [6, 6.07) is 6.06. The molecule has 0 atom stereocenters. The van der Waals surface area contributed by atoms with Crippen molar-refractivity contribution in [3.63, 3.8) is 0 Å². The first-order valence-corrected chi connectivity index (χ1v) is 6.12. The van der Waals surface area contributed by atoms with Crippen molar-refractivity contribution in [2.45, 2.75) is 32.9 Å². The molecule has 0 unspecified atom stereocenters. The van der Waals surface area contributed by atoms with Crippen molar-refractivity contribution in [1.82, 2.24) is 15.3 Å². The number of benzene rings is 1. The Balaban J connectivity index is 2.20. The maximum absolute atomic E-state index is 4.52. The van der Waals surface area contributed by atoms with Crippen LogP contribution < -0.4 is 5.32 Å². The van der Waals surface area contributed by atoms with Crippen molar-refractivity contribution in [2.24, 2.45) is 0 Å². The molecular weight excluding hydrogens is 266 g/mol. The summed E-state index contributed by atoms with van der Waals surface area (Å²) in [4.78, 5) is 7.82. The van der Waals surface area contributed by atoms with Crippen molar-refractivity contribution in [2.75, 3.05) is 0 Å². The summed E-state index contributed by atoms with van der Waals surface area (Å²) in [5.41, 5.74) is 2.19. The lowest BCUT2D eigenvalue weighted by molar-refractivity contribution is 0.419. The molecular formula is C12H16BrN3. The number of hydrogen-bond acceptors (Lipinski definition) is 2. The molecule has 0 aliphatic rings. The van der Waals surface area contributed by atoms with Gasteiger partial charge < -0.3 is 10.3 Å². The van der Waals surface area contributed by atoms with E-state index in [0.717, 1.165) is 27.9 Å². The Morgan fingerprint density at radius 3 is 2.81 bits per heavy atom. The topological polar surface area (TPSA) is 40.7 Å². The number of fused-ring (bicyclic) bond motifs is 1. The van der Waals surface area contributed by atoms with Gasteiger partial charge in [0.05, 0.1) is 17.6 Å². The Labute approximate surface area is 104 Å². The standard InChI is InChI=1S/C12H16BrN3/c1-12(2,3)14-7-11-15-9-5-4-8(13)6-10(9)16-11/h4-6,14H,7H2,1-3H3,(H,15,16). The number of aromatic nitrogens is 2. The van der Waals surface area contributed by atoms with Crippen LogP contribution in [0.2, 0.25) is 0 Å². The maximum Gasteiger partial charge on any atom is 0.121 e. The van der Waals surface area contributed by atoms with Crippen LogP contribution in [-0.4, -0.2) is 15.5 Å². The van der Waals surface area contributed by atoms with E-state index in [2.05, 4.69) is 52.0 Å². The minimum absolute atomic E-state index is 0.111. The number of imidazole rings is 1. The van der Waals surface area contributed by atoms with Gasteiger partial charge in [-0.2, -0.15) is 0 Å². The zero-order valence-electron chi connectivity index (χ0n) is 9.76. The number of hydrogen-bond donors (Lipinski definition) is 2. The second-order valence-corrected chi connectivity index (χ2v) is 5.86. The number of H-pyrrole nitrogens is 1. The van der Waals surface area contributed by atoms with E-state index in [1.54, 1.807) is 0 Å². The van der Waals surface area contributed by atoms with Gasteiger partial charge >= 0.3 is 0 Å². The number of rotatable bonds is 2. The molecule has 0 spiro atoms. The average molecular weight is 282 g/mol. The largest absolute Gasteiger partial charge is 0.341 e. The number of halogens is 1. The van der Waals surface area contributed by atoms with E-state index in [9.17, 15) is 0 Å². The molecule has 86 valence electrons. The SMILES string of the molecule is CC(C)(C)NCc1nc2ccc(Br)cc2[nH]1. The van der Waals surface area contributed by atoms with Gasteiger partial charge in [0.2, 0.25) is 0 Å². The first-order valence-electron chi connectivity index (χ1n) is 5.33. The maximum atomic E-state index is 4.52. The van der Waals surface area contributed by atoms with E-state index in [-0.39, 0.29) is 5.54 Å². The van der Waals surface area contributed by atoms with Gasteiger partial charge in [-0.15, -0.1) is 0 Å². The first-order chi connectivity index (χ1) is 7.44. The molecule has 2 rings (SSSR count). The van der Waals surface area contributed by atoms with E-state index in [1.807, 2.05) is 18.2 Å². The highest BCUT2D eigenvalue weighted by atomic mass is 79.9. The molecule has 16 heavy (non-hydrogen) atoms. The van der Waals surface area contributed by atoms with Crippen LogP contribution in [0.15, 0.2) is 22.7 Å². The molecule has 0 saturated heterocycles. The predicted molar refractivity (Wildman–Crippen MR) is 70.4 cm³/mol. The predicted octanol–water partition coefficient (Wildman–Crippen LogP) is 3.21. The van der Waals surface area contributed by atoms with E-state index in [1.165, 1.54) is 0 Å². The zero-order valence-corrected chi connectivity index (χ0v) is 11.4. The smallest absolute Gasteiger partial charge is 0.121 e. The molecule has 0 aliphatic carbocycles. The average Bonchev–Trinajstić information content (AvgIpc) is 2.55. The van der Waals surface area contributed by atoms with Gasteiger partial charge in [0.15, 0.2) is 0 Å². The monoisotopic (exact) mass is 281 g/mol. The van der Waals surface area contributed by atoms with E-state index in [0.29, 0.717) is 0 Å². The highest BCUT2D eigenvalue weighted by molar-refractivity contribution is 9.10. The van der Waals surface area contributed by atoms with Crippen molar-refractivity contribution in [3.8, 4) is 0 Å². The van der Waals surface area contributed by atoms with Crippen molar-refractivity contribution < 1.29 is 0 Å². The summed E-state index contributed by atoms with van der Waals surface area (Å²) in [5, 5.41) is 3.41. The number of aromatic amines is 1. The highest BCUT2D eigenvalue weighted by Gasteiger charge is 2.10. The summed E-state index contributed by atoms with van der Waals surface area (Å²) in [7, 11) is 0. The van der Waals surface area contributed by atoms with Gasteiger partial charge in [0.1, 0.15) is 5.82 Å². The van der Waals surface area contributed by atoms with Crippen LogP contribution in [0.5, 0.6) is 0 Å². The minimum atomic E-state index is 0.111. The van der Waals surface area contributed by atoms with Crippen LogP contribution >= 0.6 is 15.9 Å². The Morgan fingerprint density at radius 1 is 1.38 bits per heavy atom. The Bertz CT molecular complexity index is 496. The molecule has 1 aromatic heterocycles. The second-order valence-electron chi connectivity index (χ2n) is 4.95. The second kappa shape index (κ2) is 4.18. The molecule has 0 fully saturated rings. The normalized spacial score (nSPS) is 12.2. The molecule has 0 saturated carbocycles. The van der Waals surface area contributed by atoms with Crippen LogP contribution in [0.4, 0.5) is 0 Å². The fourth-order valence-corrected chi connectivity index (χ4v) is 1.83. The van der Waals surface area contributed by atoms with Gasteiger partial charge in [-0.05, 0) is 39.0 Å². The van der Waals surface area contributed by atoms with Crippen molar-refractivity contribution >= 4 is 27.0 Å². The number of nitrogens with zero attached hydrogens (tertiary/aromatic N) is 1. The van der Waals surface area contributed by atoms with Crippen LogP contribution in [0.25, 0.3) is 11.0 Å². The quantitative estimate of drug-likeness (QED) is 0.888. The van der Waals surface area contributed by atoms with Gasteiger partial charge in [-0.25, -0.2) is 4.98 Å². The number of nitrogens with one attached hydrogen (secondary N) is 2. The van der Waals surface area contributed by atoms with Crippen molar-refractivity contribution in [1.29, 1.82) is 0 Å². The van der Waals surface area contributed by atoms with Gasteiger partial charge in [0, 0.05) is 10.0 Å². The third-order valence-electron chi connectivity index (χ3n) is 2.28. The molecule has 0 bridgehead atoms. The fraction of sp³-hybridized carbons (Fsp3) is 0.417. The van der Waals surface area contributed by atoms with Crippen LogP contribution in [-0.2, 0) is 6.54 Å². The lowest BCUT2D eigenvalue weighted by Crippen LogP contribution is -2.35. The summed E-state index contributed by atoms with van der Waals surface area (Å²) in [6.45, 7) is 7.19. The van der Waals surface area contributed by atoms with Crippen LogP contribution in [0.1, 0.15) is 26.6 Å². The first kappa shape index (κ1) is 11.6. The summed E-state index contributed by atoms with van der Waals surface area (Å²) < 4.78 is 1.07. The molecule has 2 N–H and O–H groups in total. The molecule has 1 aromatic carbocycles. The minimum Gasteiger partial charge on any atom is -0.341 e. The molecule has 0 aliphatic heterocycles. The summed E-state index contributed by atoms with van der Waals surface area (Å²) in [6.07, 6.45) is 0. The molecule has 0 amide bonds. The van der Waals surface area contributed by atoms with Crippen LogP contribution in [0.3, 0.4) is 0 Å². The molecule has 0 radical (unpaired) electrons. The molecule has 4 heteroatoms. The molecule has 1 heterocycles. The fourth-order valence-electron chi connectivity index (χ4n) is 1.47. The lowest BCUT2D eigenvalue weighted by Gasteiger charge is -2.19. The highest BCUT2D eigenvalue weighted by Crippen LogP contribution is 2.17. The zero-order chi connectivity index (χ0) is 11.8. The van der Waals surface area contributed by atoms with E-state index < -0.39 is 0 Å². The Kier molecular flexibility index (Phi) is 3.04. The molecule has 3 nitrogen and oxygen atoms in total. The van der Waals surface area contributed by atoms with E-state index in [4.69, 9.17) is 0 Å². The Hall–Kier alpha value is -0.870. The van der Waals surface area contributed by atoms with Crippen LogP contribution in [0, 0.1) is 0 Å². The van der Waals surface area contributed by atoms with Crippen molar-refractivity contribution in [3.05, 3.63) is 28.5 Å². The Morgan fingerprint density at radius 2 is 2.12 bits per heavy atom. The third-order valence-corrected chi connectivity index (χ3v) is 2.77. The lowest BCUT2D eigenvalue weighted by atomic mass is 10.1.